The quantitative estimate of drug-likeness (QED) is 0.298. The smallest absolute Gasteiger partial charge is 0.287 e. The maximum Gasteiger partial charge on any atom is 0.287 e. The van der Waals surface area contributed by atoms with Crippen LogP contribution in [0, 0.1) is 0 Å². The molecule has 1 heterocycles. The molecule has 0 spiro atoms. The van der Waals surface area contributed by atoms with Gasteiger partial charge in [0.25, 0.3) is 11.8 Å². The summed E-state index contributed by atoms with van der Waals surface area (Å²) in [5.41, 5.74) is 2.49. The number of aromatic nitrogens is 1. The molecule has 3 rings (SSSR count). The van der Waals surface area contributed by atoms with Crippen molar-refractivity contribution in [3.8, 4) is 5.75 Å². The van der Waals surface area contributed by atoms with Crippen molar-refractivity contribution in [1.29, 1.82) is 0 Å². The number of ether oxygens (including phenoxy) is 1. The Balaban J connectivity index is 1.40. The van der Waals surface area contributed by atoms with Crippen LogP contribution in [-0.4, -0.2) is 36.2 Å². The predicted octanol–water partition coefficient (Wildman–Crippen LogP) is 3.74. The van der Waals surface area contributed by atoms with E-state index in [0.717, 1.165) is 41.5 Å². The molecule has 168 valence electrons. The number of carbonyl (C=O) groups excluding carboxylic acids is 3. The summed E-state index contributed by atoms with van der Waals surface area (Å²) < 4.78 is 5.86. The molecule has 3 aromatic rings. The summed E-state index contributed by atoms with van der Waals surface area (Å²) in [5, 5.41) is 6.17. The van der Waals surface area contributed by atoms with Crippen LogP contribution in [0.25, 0.3) is 10.9 Å². The minimum atomic E-state index is -0.537. The lowest BCUT2D eigenvalue weighted by atomic mass is 10.1. The number of nitrogens with one attached hydrogen (secondary N) is 3. The number of amides is 2. The maximum absolute atomic E-state index is 12.4. The van der Waals surface area contributed by atoms with Gasteiger partial charge in [-0.15, -0.1) is 0 Å². The topological polar surface area (TPSA) is 100 Å². The molecule has 2 aromatic carbocycles. The third-order valence-corrected chi connectivity index (χ3v) is 5.18. The summed E-state index contributed by atoms with van der Waals surface area (Å²) in [5.74, 6) is -0.316. The standard InChI is InChI=1S/C25H29N3O4/c1-26-25(31)23(29)11-7-2-3-8-14-27-24(30)22-16-19-15-20(12-13-21(19)28-22)32-17-18-9-5-4-6-10-18/h4-6,9-10,12-13,15-16,28H,2-3,7-8,11,14,17H2,1H3,(H,26,31)(H,27,30). The van der Waals surface area contributed by atoms with E-state index in [9.17, 15) is 14.4 Å². The Morgan fingerprint density at radius 2 is 1.72 bits per heavy atom. The number of aromatic amines is 1. The van der Waals surface area contributed by atoms with E-state index in [2.05, 4.69) is 15.6 Å². The fourth-order valence-corrected chi connectivity index (χ4v) is 3.38. The summed E-state index contributed by atoms with van der Waals surface area (Å²) >= 11 is 0. The molecule has 7 heteroatoms. The van der Waals surface area contributed by atoms with Crippen molar-refractivity contribution in [2.45, 2.75) is 38.7 Å². The zero-order chi connectivity index (χ0) is 22.8. The van der Waals surface area contributed by atoms with Crippen molar-refractivity contribution in [3.63, 3.8) is 0 Å². The van der Waals surface area contributed by atoms with Crippen LogP contribution in [0.3, 0.4) is 0 Å². The monoisotopic (exact) mass is 435 g/mol. The normalized spacial score (nSPS) is 10.7. The average molecular weight is 436 g/mol. The Morgan fingerprint density at radius 3 is 2.50 bits per heavy atom. The molecule has 0 unspecified atom stereocenters. The highest BCUT2D eigenvalue weighted by atomic mass is 16.5. The van der Waals surface area contributed by atoms with E-state index in [-0.39, 0.29) is 18.1 Å². The lowest BCUT2D eigenvalue weighted by Gasteiger charge is -2.06. The second kappa shape index (κ2) is 11.7. The minimum absolute atomic E-state index is 0.150. The number of carbonyl (C=O) groups is 3. The van der Waals surface area contributed by atoms with E-state index < -0.39 is 5.91 Å². The van der Waals surface area contributed by atoms with E-state index in [1.54, 1.807) is 0 Å². The molecule has 0 atom stereocenters. The molecule has 0 saturated carbocycles. The number of fused-ring (bicyclic) bond motifs is 1. The summed E-state index contributed by atoms with van der Waals surface area (Å²) in [6.45, 7) is 1.05. The predicted molar refractivity (Wildman–Crippen MR) is 124 cm³/mol. The van der Waals surface area contributed by atoms with Crippen LogP contribution in [0.5, 0.6) is 5.75 Å². The van der Waals surface area contributed by atoms with E-state index in [4.69, 9.17) is 4.74 Å². The fraction of sp³-hybridized carbons (Fsp3) is 0.320. The number of H-pyrrole nitrogens is 1. The van der Waals surface area contributed by atoms with Crippen LogP contribution in [0.2, 0.25) is 0 Å². The van der Waals surface area contributed by atoms with Crippen molar-refractivity contribution < 1.29 is 19.1 Å². The fourth-order valence-electron chi connectivity index (χ4n) is 3.38. The van der Waals surface area contributed by atoms with Gasteiger partial charge < -0.3 is 20.4 Å². The molecule has 2 amide bonds. The molecule has 0 fully saturated rings. The van der Waals surface area contributed by atoms with E-state index >= 15 is 0 Å². The number of rotatable bonds is 12. The molecule has 0 radical (unpaired) electrons. The molecule has 1 aromatic heterocycles. The van der Waals surface area contributed by atoms with Gasteiger partial charge in [0, 0.05) is 30.9 Å². The van der Waals surface area contributed by atoms with Gasteiger partial charge in [0.15, 0.2) is 0 Å². The average Bonchev–Trinajstić information content (AvgIpc) is 3.25. The summed E-state index contributed by atoms with van der Waals surface area (Å²) in [6, 6.07) is 17.5. The molecule has 0 bridgehead atoms. The van der Waals surface area contributed by atoms with Crippen molar-refractivity contribution >= 4 is 28.5 Å². The van der Waals surface area contributed by atoms with Crippen LogP contribution in [0.1, 0.15) is 48.2 Å². The highest BCUT2D eigenvalue weighted by Gasteiger charge is 2.11. The van der Waals surface area contributed by atoms with Gasteiger partial charge in [-0.25, -0.2) is 0 Å². The number of unbranched alkanes of at least 4 members (excludes halogenated alkanes) is 3. The molecule has 0 aliphatic rings. The maximum atomic E-state index is 12.4. The first kappa shape index (κ1) is 23.1. The molecule has 0 aliphatic heterocycles. The molecule has 0 saturated heterocycles. The Labute approximate surface area is 187 Å². The molecule has 32 heavy (non-hydrogen) atoms. The lowest BCUT2D eigenvalue weighted by Crippen LogP contribution is -2.27. The van der Waals surface area contributed by atoms with E-state index in [1.165, 1.54) is 7.05 Å². The first-order valence-corrected chi connectivity index (χ1v) is 10.9. The van der Waals surface area contributed by atoms with E-state index in [1.807, 2.05) is 54.6 Å². The van der Waals surface area contributed by atoms with Gasteiger partial charge in [-0.2, -0.15) is 0 Å². The Hall–Kier alpha value is -3.61. The van der Waals surface area contributed by atoms with Gasteiger partial charge in [0.1, 0.15) is 18.1 Å². The van der Waals surface area contributed by atoms with Crippen molar-refractivity contribution in [1.82, 2.24) is 15.6 Å². The number of hydrogen-bond donors (Lipinski definition) is 3. The number of ketones is 1. The first-order chi connectivity index (χ1) is 15.6. The third kappa shape index (κ3) is 6.70. The largest absolute Gasteiger partial charge is 0.489 e. The lowest BCUT2D eigenvalue weighted by molar-refractivity contribution is -0.137. The van der Waals surface area contributed by atoms with Gasteiger partial charge >= 0.3 is 0 Å². The van der Waals surface area contributed by atoms with Gasteiger partial charge in [-0.3, -0.25) is 14.4 Å². The van der Waals surface area contributed by atoms with Crippen LogP contribution < -0.4 is 15.4 Å². The zero-order valence-corrected chi connectivity index (χ0v) is 18.3. The highest BCUT2D eigenvalue weighted by molar-refractivity contribution is 6.36. The third-order valence-electron chi connectivity index (χ3n) is 5.18. The summed E-state index contributed by atoms with van der Waals surface area (Å²) in [6.07, 6.45) is 3.49. The van der Waals surface area contributed by atoms with Gasteiger partial charge in [0.2, 0.25) is 5.78 Å². The second-order valence-corrected chi connectivity index (χ2v) is 7.63. The van der Waals surface area contributed by atoms with Gasteiger partial charge in [-0.1, -0.05) is 43.2 Å². The van der Waals surface area contributed by atoms with Crippen molar-refractivity contribution in [2.75, 3.05) is 13.6 Å². The van der Waals surface area contributed by atoms with Crippen LogP contribution >= 0.6 is 0 Å². The minimum Gasteiger partial charge on any atom is -0.489 e. The zero-order valence-electron chi connectivity index (χ0n) is 18.3. The Morgan fingerprint density at radius 1 is 0.938 bits per heavy atom. The van der Waals surface area contributed by atoms with Crippen LogP contribution in [-0.2, 0) is 16.2 Å². The summed E-state index contributed by atoms with van der Waals surface area (Å²) in [7, 11) is 1.45. The number of Topliss-reactive ketones (excluding diaryl/α,β-unsaturated/α-hetero) is 1. The first-order valence-electron chi connectivity index (χ1n) is 10.9. The van der Waals surface area contributed by atoms with Crippen LogP contribution in [0.15, 0.2) is 54.6 Å². The van der Waals surface area contributed by atoms with Gasteiger partial charge in [-0.05, 0) is 42.7 Å². The molecule has 3 N–H and O–H groups in total. The SMILES string of the molecule is CNC(=O)C(=O)CCCCCCNC(=O)c1cc2cc(OCc3ccccc3)ccc2[nH]1. The van der Waals surface area contributed by atoms with Gasteiger partial charge in [0.05, 0.1) is 0 Å². The summed E-state index contributed by atoms with van der Waals surface area (Å²) in [4.78, 5) is 38.1. The highest BCUT2D eigenvalue weighted by Crippen LogP contribution is 2.22. The van der Waals surface area contributed by atoms with Crippen LogP contribution in [0.4, 0.5) is 0 Å². The number of hydrogen-bond acceptors (Lipinski definition) is 4. The van der Waals surface area contributed by atoms with Crippen molar-refractivity contribution in [3.05, 3.63) is 65.9 Å². The van der Waals surface area contributed by atoms with Crippen molar-refractivity contribution in [2.24, 2.45) is 0 Å². The molecular formula is C25H29N3O4. The molecule has 7 nitrogen and oxygen atoms in total. The second-order valence-electron chi connectivity index (χ2n) is 7.63. The Bertz CT molecular complexity index is 1060. The van der Waals surface area contributed by atoms with E-state index in [0.29, 0.717) is 25.3 Å². The molecular weight excluding hydrogens is 406 g/mol. The number of likely N-dealkylation sites (N-methyl/N-ethyl adjacent to an activating group) is 1. The number of benzene rings is 2. The Kier molecular flexibility index (Phi) is 8.43. The molecule has 0 aliphatic carbocycles.